The smallest absolute Gasteiger partial charge is 0.257 e. The maximum Gasteiger partial charge on any atom is 0.257 e. The van der Waals surface area contributed by atoms with Crippen molar-refractivity contribution in [3.63, 3.8) is 0 Å². The van der Waals surface area contributed by atoms with Crippen LogP contribution in [0.15, 0.2) is 46.9 Å². The van der Waals surface area contributed by atoms with Crippen LogP contribution < -0.4 is 15.4 Å². The van der Waals surface area contributed by atoms with E-state index in [9.17, 15) is 4.79 Å². The van der Waals surface area contributed by atoms with E-state index in [0.29, 0.717) is 12.2 Å². The highest BCUT2D eigenvalue weighted by Gasteiger charge is 2.09. The van der Waals surface area contributed by atoms with Crippen molar-refractivity contribution in [2.24, 2.45) is 0 Å². The molecule has 0 spiro atoms. The maximum absolute atomic E-state index is 12.2. The molecule has 0 aliphatic rings. The summed E-state index contributed by atoms with van der Waals surface area (Å²) in [5.74, 6) is 0.486. The van der Waals surface area contributed by atoms with Gasteiger partial charge in [-0.2, -0.15) is 0 Å². The summed E-state index contributed by atoms with van der Waals surface area (Å²) in [6.45, 7) is 2.70. The first-order valence-electron chi connectivity index (χ1n) is 7.30. The van der Waals surface area contributed by atoms with Gasteiger partial charge in [0.1, 0.15) is 5.75 Å². The Balaban J connectivity index is 1.94. The van der Waals surface area contributed by atoms with E-state index < -0.39 is 0 Å². The molecule has 2 aromatic rings. The zero-order chi connectivity index (χ0) is 17.5. The van der Waals surface area contributed by atoms with Gasteiger partial charge in [-0.15, -0.1) is 0 Å². The average molecular weight is 519 g/mol. The van der Waals surface area contributed by atoms with Crippen LogP contribution in [0, 0.1) is 3.57 Å². The molecule has 0 aromatic heterocycles. The molecular formula is C17H16BrIN2O2S. The second-order valence-electron chi connectivity index (χ2n) is 4.91. The van der Waals surface area contributed by atoms with Crippen LogP contribution in [0.25, 0.3) is 0 Å². The minimum Gasteiger partial charge on any atom is -0.494 e. The van der Waals surface area contributed by atoms with Gasteiger partial charge >= 0.3 is 0 Å². The minimum atomic E-state index is -0.262. The Labute approximate surface area is 168 Å². The number of thiocarbonyl (C=S) groups is 1. The predicted octanol–water partition coefficient (Wildman–Crippen LogP) is 4.97. The SMILES string of the molecule is CCCOc1ccc(C(=O)NC(=S)Nc2ccc(Br)cc2I)cc1. The molecule has 0 aliphatic heterocycles. The van der Waals surface area contributed by atoms with Crippen molar-refractivity contribution in [1.29, 1.82) is 0 Å². The van der Waals surface area contributed by atoms with Crippen molar-refractivity contribution >= 4 is 67.4 Å². The number of halogens is 2. The van der Waals surface area contributed by atoms with E-state index in [2.05, 4.69) is 49.2 Å². The molecule has 2 N–H and O–H groups in total. The van der Waals surface area contributed by atoms with Gasteiger partial charge < -0.3 is 10.1 Å². The molecule has 0 aliphatic carbocycles. The second-order valence-corrected chi connectivity index (χ2v) is 7.39. The molecule has 0 saturated heterocycles. The van der Waals surface area contributed by atoms with Crippen molar-refractivity contribution in [3.05, 3.63) is 56.1 Å². The van der Waals surface area contributed by atoms with E-state index in [4.69, 9.17) is 17.0 Å². The Morgan fingerprint density at radius 3 is 2.58 bits per heavy atom. The molecule has 0 radical (unpaired) electrons. The number of carbonyl (C=O) groups excluding carboxylic acids is 1. The summed E-state index contributed by atoms with van der Waals surface area (Å²) in [5.41, 5.74) is 1.36. The summed E-state index contributed by atoms with van der Waals surface area (Å²) >= 11 is 10.8. The largest absolute Gasteiger partial charge is 0.494 e. The lowest BCUT2D eigenvalue weighted by molar-refractivity contribution is 0.0977. The maximum atomic E-state index is 12.2. The first kappa shape index (κ1) is 19.1. The molecule has 0 fully saturated rings. The van der Waals surface area contributed by atoms with Gasteiger partial charge in [0.25, 0.3) is 5.91 Å². The molecular weight excluding hydrogens is 503 g/mol. The highest BCUT2D eigenvalue weighted by Crippen LogP contribution is 2.22. The molecule has 1 amide bonds. The Morgan fingerprint density at radius 2 is 1.96 bits per heavy atom. The number of benzene rings is 2. The van der Waals surface area contributed by atoms with Gasteiger partial charge in [0.05, 0.1) is 12.3 Å². The molecule has 0 bridgehead atoms. The number of nitrogens with one attached hydrogen (secondary N) is 2. The van der Waals surface area contributed by atoms with Crippen LogP contribution in [0.4, 0.5) is 5.69 Å². The number of rotatable bonds is 5. The third-order valence-corrected chi connectivity index (χ3v) is 4.59. The third kappa shape index (κ3) is 5.71. The Hall–Kier alpha value is -1.19. The molecule has 4 nitrogen and oxygen atoms in total. The summed E-state index contributed by atoms with van der Waals surface area (Å²) in [6, 6.07) is 12.7. The number of amides is 1. The highest BCUT2D eigenvalue weighted by molar-refractivity contribution is 14.1. The zero-order valence-electron chi connectivity index (χ0n) is 12.9. The van der Waals surface area contributed by atoms with E-state index in [1.165, 1.54) is 0 Å². The fraction of sp³-hybridized carbons (Fsp3) is 0.176. The molecule has 2 rings (SSSR count). The quantitative estimate of drug-likeness (QED) is 0.433. The predicted molar refractivity (Wildman–Crippen MR) is 113 cm³/mol. The molecule has 24 heavy (non-hydrogen) atoms. The van der Waals surface area contributed by atoms with Crippen LogP contribution >= 0.6 is 50.7 Å². The van der Waals surface area contributed by atoms with E-state index in [1.54, 1.807) is 24.3 Å². The number of ether oxygens (including phenoxy) is 1. The molecule has 0 saturated carbocycles. The van der Waals surface area contributed by atoms with E-state index in [-0.39, 0.29) is 11.0 Å². The molecule has 0 heterocycles. The number of hydrogen-bond donors (Lipinski definition) is 2. The molecule has 126 valence electrons. The molecule has 7 heteroatoms. The minimum absolute atomic E-state index is 0.256. The third-order valence-electron chi connectivity index (χ3n) is 3.00. The molecule has 2 aromatic carbocycles. The van der Waals surface area contributed by atoms with Gasteiger partial charge in [-0.3, -0.25) is 10.1 Å². The van der Waals surface area contributed by atoms with Crippen molar-refractivity contribution in [2.45, 2.75) is 13.3 Å². The van der Waals surface area contributed by atoms with Crippen molar-refractivity contribution in [3.8, 4) is 5.75 Å². The van der Waals surface area contributed by atoms with Gasteiger partial charge in [-0.05, 0) is 83.7 Å². The lowest BCUT2D eigenvalue weighted by Gasteiger charge is -2.11. The average Bonchev–Trinajstić information content (AvgIpc) is 2.56. The normalized spacial score (nSPS) is 10.1. The van der Waals surface area contributed by atoms with Gasteiger partial charge in [0.2, 0.25) is 0 Å². The fourth-order valence-electron chi connectivity index (χ4n) is 1.84. The van der Waals surface area contributed by atoms with Crippen LogP contribution in [0.5, 0.6) is 5.75 Å². The number of carbonyl (C=O) groups is 1. The standard InChI is InChI=1S/C17H16BrIN2O2S/c1-2-9-23-13-6-3-11(4-7-13)16(22)21-17(24)20-15-8-5-12(18)10-14(15)19/h3-8,10H,2,9H2,1H3,(H2,20,21,22,24). The number of hydrogen-bond acceptors (Lipinski definition) is 3. The number of anilines is 1. The summed E-state index contributed by atoms with van der Waals surface area (Å²) < 4.78 is 7.48. The lowest BCUT2D eigenvalue weighted by atomic mass is 10.2. The van der Waals surface area contributed by atoms with Gasteiger partial charge in [-0.25, -0.2) is 0 Å². The van der Waals surface area contributed by atoms with Gasteiger partial charge in [-0.1, -0.05) is 22.9 Å². The monoisotopic (exact) mass is 518 g/mol. The van der Waals surface area contributed by atoms with Gasteiger partial charge in [0, 0.05) is 13.6 Å². The van der Waals surface area contributed by atoms with E-state index in [0.717, 1.165) is 25.9 Å². The van der Waals surface area contributed by atoms with Crippen molar-refractivity contribution in [2.75, 3.05) is 11.9 Å². The fourth-order valence-corrected chi connectivity index (χ4v) is 3.48. The molecule has 0 unspecified atom stereocenters. The summed E-state index contributed by atoms with van der Waals surface area (Å²) in [4.78, 5) is 12.2. The van der Waals surface area contributed by atoms with Crippen molar-refractivity contribution in [1.82, 2.24) is 5.32 Å². The van der Waals surface area contributed by atoms with Crippen LogP contribution in [-0.4, -0.2) is 17.6 Å². The highest BCUT2D eigenvalue weighted by atomic mass is 127. The summed E-state index contributed by atoms with van der Waals surface area (Å²) in [5, 5.41) is 5.95. The van der Waals surface area contributed by atoms with E-state index in [1.807, 2.05) is 25.1 Å². The zero-order valence-corrected chi connectivity index (χ0v) is 17.5. The van der Waals surface area contributed by atoms with Crippen LogP contribution in [0.3, 0.4) is 0 Å². The van der Waals surface area contributed by atoms with Crippen LogP contribution in [0.1, 0.15) is 23.7 Å². The summed E-state index contributed by atoms with van der Waals surface area (Å²) in [7, 11) is 0. The van der Waals surface area contributed by atoms with Crippen LogP contribution in [0.2, 0.25) is 0 Å². The lowest BCUT2D eigenvalue weighted by Crippen LogP contribution is -2.34. The Kier molecular flexibility index (Phi) is 7.44. The first-order chi connectivity index (χ1) is 11.5. The topological polar surface area (TPSA) is 50.4 Å². The van der Waals surface area contributed by atoms with E-state index >= 15 is 0 Å². The summed E-state index contributed by atoms with van der Waals surface area (Å²) in [6.07, 6.45) is 0.942. The Morgan fingerprint density at radius 1 is 1.25 bits per heavy atom. The van der Waals surface area contributed by atoms with Crippen molar-refractivity contribution < 1.29 is 9.53 Å². The van der Waals surface area contributed by atoms with Gasteiger partial charge in [0.15, 0.2) is 5.11 Å². The first-order valence-corrected chi connectivity index (χ1v) is 9.58. The Bertz CT molecular complexity index is 738. The second kappa shape index (κ2) is 9.33. The van der Waals surface area contributed by atoms with Crippen LogP contribution in [-0.2, 0) is 0 Å². The molecule has 0 atom stereocenters.